The van der Waals surface area contributed by atoms with Crippen LogP contribution >= 0.6 is 23.2 Å². The number of nitrogens with one attached hydrogen (secondary N) is 1. The standard InChI is InChI=1S/C56H51Cl2F2N13O5/c1-6-44(75)70-13-15-71(16-14-70)52-38-25-41(57)46(37-24-34(74)23-33-9-7-8-10-36(33)37)48(59)50(38)63-55(65-52)77-22-21-68(4)29-32(3)54(76)73-19-17-72(18-20-73)53-39-26-42(58)47(45-31(2)11-12-43-40(45)28-61-67-43)49(60)51(39)64-56(66-53)78-35-27-62-69(5)30-35/h6-12,23-28,30,74H,1,3,13-22,29H2,2,4-5H3,(H,61,67). The fourth-order valence-corrected chi connectivity index (χ4v) is 10.9. The number of rotatable bonds is 14. The molecule has 2 saturated heterocycles. The minimum atomic E-state index is -0.720. The lowest BCUT2D eigenvalue weighted by atomic mass is 9.95. The minimum Gasteiger partial charge on any atom is -0.508 e. The number of aryl methyl sites for hydroxylation is 2. The van der Waals surface area contributed by atoms with Gasteiger partial charge in [0.2, 0.25) is 5.91 Å². The van der Waals surface area contributed by atoms with E-state index in [0.717, 1.165) is 11.1 Å². The number of amides is 2. The molecule has 2 N–H and O–H groups in total. The number of likely N-dealkylation sites (N-methyl/N-ethyl adjacent to an activating group) is 1. The number of hydrogen-bond acceptors (Lipinski definition) is 14. The van der Waals surface area contributed by atoms with Gasteiger partial charge in [-0.25, -0.2) is 8.78 Å². The highest BCUT2D eigenvalue weighted by Gasteiger charge is 2.31. The maximum atomic E-state index is 17.2. The molecule has 78 heavy (non-hydrogen) atoms. The highest BCUT2D eigenvalue weighted by molar-refractivity contribution is 6.35. The Morgan fingerprint density at radius 3 is 2.12 bits per heavy atom. The number of hydrogen-bond donors (Lipinski definition) is 2. The number of carbonyl (C=O) groups is 2. The molecule has 2 amide bonds. The van der Waals surface area contributed by atoms with Gasteiger partial charge in [0, 0.05) is 111 Å². The molecule has 22 heteroatoms. The zero-order valence-electron chi connectivity index (χ0n) is 42.7. The van der Waals surface area contributed by atoms with Crippen molar-refractivity contribution in [2.75, 3.05) is 88.9 Å². The molecular weight excluding hydrogens is 1040 g/mol. The quantitative estimate of drug-likeness (QED) is 0.0982. The number of ether oxygens (including phenoxy) is 2. The Bertz CT molecular complexity index is 3890. The summed E-state index contributed by atoms with van der Waals surface area (Å²) in [6.45, 7) is 13.0. The lowest BCUT2D eigenvalue weighted by Gasteiger charge is -2.36. The molecule has 2 aliphatic heterocycles. The third kappa shape index (κ3) is 9.82. The molecule has 6 heterocycles. The van der Waals surface area contributed by atoms with Gasteiger partial charge in [0.1, 0.15) is 35.0 Å². The number of aromatic amines is 1. The molecule has 398 valence electrons. The van der Waals surface area contributed by atoms with Gasteiger partial charge in [-0.1, -0.05) is 66.7 Å². The molecule has 0 bridgehead atoms. The summed E-state index contributed by atoms with van der Waals surface area (Å²) in [5, 5.41) is 25.1. The molecule has 0 aliphatic carbocycles. The number of phenols is 1. The number of carbonyl (C=O) groups excluding carboxylic acids is 2. The topological polar surface area (TPSA) is 187 Å². The van der Waals surface area contributed by atoms with Crippen LogP contribution in [0.4, 0.5) is 20.4 Å². The molecule has 9 aromatic rings. The molecule has 4 aromatic heterocycles. The van der Waals surface area contributed by atoms with Crippen LogP contribution in [0.3, 0.4) is 0 Å². The third-order valence-corrected chi connectivity index (χ3v) is 14.8. The van der Waals surface area contributed by atoms with E-state index in [4.69, 9.17) is 42.6 Å². The van der Waals surface area contributed by atoms with E-state index in [1.165, 1.54) is 18.3 Å². The Labute approximate surface area is 455 Å². The first kappa shape index (κ1) is 51.6. The number of piperazine rings is 2. The van der Waals surface area contributed by atoms with Crippen LogP contribution in [0.25, 0.3) is 65.7 Å². The summed E-state index contributed by atoms with van der Waals surface area (Å²) < 4.78 is 48.1. The summed E-state index contributed by atoms with van der Waals surface area (Å²) in [5.74, 6) is -0.721. The van der Waals surface area contributed by atoms with Crippen molar-refractivity contribution < 1.29 is 33.0 Å². The maximum absolute atomic E-state index is 17.2. The van der Waals surface area contributed by atoms with Gasteiger partial charge in [-0.15, -0.1) is 0 Å². The summed E-state index contributed by atoms with van der Waals surface area (Å²) in [4.78, 5) is 54.3. The number of aromatic hydroxyl groups is 1. The molecular formula is C56H51Cl2F2N13O5. The van der Waals surface area contributed by atoms with E-state index < -0.39 is 11.6 Å². The summed E-state index contributed by atoms with van der Waals surface area (Å²) in [5.41, 5.74) is 3.04. The Morgan fingerprint density at radius 1 is 0.795 bits per heavy atom. The summed E-state index contributed by atoms with van der Waals surface area (Å²) >= 11 is 13.9. The zero-order chi connectivity index (χ0) is 54.5. The summed E-state index contributed by atoms with van der Waals surface area (Å²) in [6, 6.07) is 17.2. The average Bonchev–Trinajstić information content (AvgIpc) is 4.23. The Kier molecular flexibility index (Phi) is 14.0. The van der Waals surface area contributed by atoms with Crippen molar-refractivity contribution in [1.82, 2.24) is 54.6 Å². The molecule has 0 radical (unpaired) electrons. The van der Waals surface area contributed by atoms with E-state index in [-0.39, 0.29) is 74.9 Å². The number of nitrogens with zero attached hydrogens (tertiary/aromatic N) is 12. The molecule has 0 atom stereocenters. The Hall–Kier alpha value is -8.46. The maximum Gasteiger partial charge on any atom is 0.324 e. The smallest absolute Gasteiger partial charge is 0.324 e. The Morgan fingerprint density at radius 2 is 1.44 bits per heavy atom. The van der Waals surface area contributed by atoms with Gasteiger partial charge in [-0.05, 0) is 72.3 Å². The number of aromatic nitrogens is 8. The number of fused-ring (bicyclic) bond motifs is 4. The predicted octanol–water partition coefficient (Wildman–Crippen LogP) is 9.11. The largest absolute Gasteiger partial charge is 0.508 e. The highest BCUT2D eigenvalue weighted by atomic mass is 35.5. The van der Waals surface area contributed by atoms with Crippen LogP contribution in [0, 0.1) is 18.6 Å². The first-order chi connectivity index (χ1) is 37.6. The molecule has 2 aliphatic rings. The average molecular weight is 1100 g/mol. The molecule has 0 spiro atoms. The summed E-state index contributed by atoms with van der Waals surface area (Å²) in [6.07, 6.45) is 6.07. The molecule has 5 aromatic carbocycles. The van der Waals surface area contributed by atoms with Gasteiger partial charge in [0.05, 0.1) is 34.2 Å². The predicted molar refractivity (Wildman–Crippen MR) is 297 cm³/mol. The Balaban J connectivity index is 0.791. The number of benzene rings is 5. The zero-order valence-corrected chi connectivity index (χ0v) is 44.2. The fourth-order valence-electron chi connectivity index (χ4n) is 10.3. The van der Waals surface area contributed by atoms with Gasteiger partial charge in [-0.2, -0.15) is 30.1 Å². The van der Waals surface area contributed by atoms with Crippen LogP contribution in [-0.2, 0) is 16.6 Å². The SMILES string of the molecule is C=CC(=O)N1CCN(c2nc(OCCN(C)CC(=C)C(=O)N3CCN(c4nc(Oc5cnn(C)c5)nc5c(F)c(-c6c(C)ccc7[nH]ncc67)c(Cl)cc45)CC3)nc3c(F)c(-c4cc(O)cc5ccccc45)c(Cl)cc23)CC1. The molecule has 2 fully saturated rings. The van der Waals surface area contributed by atoms with Crippen molar-refractivity contribution in [2.24, 2.45) is 7.05 Å². The van der Waals surface area contributed by atoms with Crippen molar-refractivity contribution in [3.63, 3.8) is 0 Å². The van der Waals surface area contributed by atoms with E-state index in [2.05, 4.69) is 38.4 Å². The van der Waals surface area contributed by atoms with Gasteiger partial charge in [0.25, 0.3) is 5.91 Å². The molecule has 0 saturated carbocycles. The van der Waals surface area contributed by atoms with E-state index >= 15 is 8.78 Å². The van der Waals surface area contributed by atoms with Crippen LogP contribution in [0.5, 0.6) is 23.5 Å². The van der Waals surface area contributed by atoms with Gasteiger partial charge in [0.15, 0.2) is 17.4 Å². The number of H-pyrrole nitrogens is 1. The van der Waals surface area contributed by atoms with Crippen molar-refractivity contribution in [3.8, 4) is 45.8 Å². The van der Waals surface area contributed by atoms with Crippen molar-refractivity contribution in [1.29, 1.82) is 0 Å². The van der Waals surface area contributed by atoms with E-state index in [0.29, 0.717) is 120 Å². The summed E-state index contributed by atoms with van der Waals surface area (Å²) in [7, 11) is 3.56. The van der Waals surface area contributed by atoms with E-state index in [1.807, 2.05) is 65.1 Å². The van der Waals surface area contributed by atoms with Gasteiger partial charge in [-0.3, -0.25) is 24.3 Å². The number of phenolic OH excluding ortho intramolecular Hbond substituents is 1. The first-order valence-electron chi connectivity index (χ1n) is 25.0. The third-order valence-electron chi connectivity index (χ3n) is 14.2. The lowest BCUT2D eigenvalue weighted by molar-refractivity contribution is -0.128. The fraction of sp³-hybridized carbons (Fsp3) is 0.250. The second-order valence-corrected chi connectivity index (χ2v) is 20.1. The number of halogens is 4. The first-order valence-corrected chi connectivity index (χ1v) is 25.8. The molecule has 18 nitrogen and oxygen atoms in total. The van der Waals surface area contributed by atoms with Crippen molar-refractivity contribution >= 4 is 90.1 Å². The van der Waals surface area contributed by atoms with Crippen LogP contribution in [0.2, 0.25) is 10.0 Å². The second kappa shape index (κ2) is 21.2. The number of anilines is 2. The van der Waals surface area contributed by atoms with Gasteiger partial charge >= 0.3 is 12.0 Å². The van der Waals surface area contributed by atoms with E-state index in [1.54, 1.807) is 52.1 Å². The van der Waals surface area contributed by atoms with Crippen molar-refractivity contribution in [3.05, 3.63) is 131 Å². The lowest BCUT2D eigenvalue weighted by Crippen LogP contribution is -2.50. The second-order valence-electron chi connectivity index (χ2n) is 19.3. The monoisotopic (exact) mass is 1090 g/mol. The van der Waals surface area contributed by atoms with Crippen molar-refractivity contribution in [2.45, 2.75) is 6.92 Å². The molecule has 0 unspecified atom stereocenters. The van der Waals surface area contributed by atoms with Crippen LogP contribution in [-0.4, -0.2) is 151 Å². The normalized spacial score (nSPS) is 14.1. The highest BCUT2D eigenvalue weighted by Crippen LogP contribution is 2.45. The minimum absolute atomic E-state index is 0.00594. The van der Waals surface area contributed by atoms with Crippen LogP contribution in [0.1, 0.15) is 5.56 Å². The van der Waals surface area contributed by atoms with Crippen LogP contribution < -0.4 is 19.3 Å². The van der Waals surface area contributed by atoms with Gasteiger partial charge < -0.3 is 34.2 Å². The molecule has 11 rings (SSSR count). The van der Waals surface area contributed by atoms with Crippen LogP contribution in [0.15, 0.2) is 104 Å². The van der Waals surface area contributed by atoms with E-state index in [9.17, 15) is 14.7 Å².